The lowest BCUT2D eigenvalue weighted by Gasteiger charge is -2.10. The minimum atomic E-state index is 0. The molecule has 6 rings (SSSR count). The highest BCUT2D eigenvalue weighted by atomic mass is 35.5. The summed E-state index contributed by atoms with van der Waals surface area (Å²) in [5.41, 5.74) is 9.88. The largest absolute Gasteiger partial charge is 0.330 e. The van der Waals surface area contributed by atoms with Crippen LogP contribution in [0.15, 0.2) is 122 Å². The van der Waals surface area contributed by atoms with Gasteiger partial charge in [-0.3, -0.25) is 0 Å². The summed E-state index contributed by atoms with van der Waals surface area (Å²) >= 11 is 29.7. The van der Waals surface area contributed by atoms with Gasteiger partial charge in [-0.1, -0.05) is 135 Å². The summed E-state index contributed by atoms with van der Waals surface area (Å²) in [4.78, 5) is 8.56. The van der Waals surface area contributed by atoms with Crippen LogP contribution in [0.2, 0.25) is 20.1 Å². The van der Waals surface area contributed by atoms with Gasteiger partial charge in [-0.2, -0.15) is 0 Å². The van der Waals surface area contributed by atoms with Crippen molar-refractivity contribution in [1.82, 2.24) is 24.4 Å². The predicted molar refractivity (Wildman–Crippen MR) is 226 cm³/mol. The first-order valence-electron chi connectivity index (χ1n) is 16.8. The lowest BCUT2D eigenvalue weighted by atomic mass is 10.2. The molecule has 0 radical (unpaired) electrons. The van der Waals surface area contributed by atoms with Gasteiger partial charge < -0.3 is 20.2 Å². The quantitative estimate of drug-likeness (QED) is 0.135. The van der Waals surface area contributed by atoms with Crippen molar-refractivity contribution in [2.75, 3.05) is 0 Å². The number of hydrogen-bond acceptors (Lipinski definition) is 4. The summed E-state index contributed by atoms with van der Waals surface area (Å²) < 4.78 is 4.06. The van der Waals surface area contributed by atoms with E-state index < -0.39 is 0 Å². The van der Waals surface area contributed by atoms with Crippen LogP contribution in [0.1, 0.15) is 61.6 Å². The molecule has 3 N–H and O–H groups in total. The Morgan fingerprint density at radius 3 is 1.37 bits per heavy atom. The van der Waals surface area contributed by atoms with Crippen LogP contribution < -0.4 is 11.1 Å². The molecule has 0 spiro atoms. The van der Waals surface area contributed by atoms with Crippen molar-refractivity contribution in [3.8, 4) is 0 Å². The number of nitrogens with one attached hydrogen (secondary N) is 1. The van der Waals surface area contributed by atoms with Crippen molar-refractivity contribution < 1.29 is 0 Å². The average Bonchev–Trinajstić information content (AvgIpc) is 3.79. The van der Waals surface area contributed by atoms with E-state index in [0.29, 0.717) is 52.1 Å². The van der Waals surface area contributed by atoms with E-state index in [9.17, 15) is 0 Å². The molecule has 0 unspecified atom stereocenters. The second kappa shape index (κ2) is 27.5. The number of imidazole rings is 2. The van der Waals surface area contributed by atoms with E-state index in [1.165, 1.54) is 11.1 Å². The third-order valence-corrected chi connectivity index (χ3v) is 7.92. The zero-order valence-corrected chi connectivity index (χ0v) is 34.6. The molecule has 0 amide bonds. The summed E-state index contributed by atoms with van der Waals surface area (Å²) in [5, 5.41) is 5.98. The van der Waals surface area contributed by atoms with E-state index >= 15 is 0 Å². The number of halogens is 6. The molecule has 280 valence electrons. The van der Waals surface area contributed by atoms with Gasteiger partial charge in [0.25, 0.3) is 0 Å². The maximum atomic E-state index is 6.06. The van der Waals surface area contributed by atoms with Crippen LogP contribution in [0.5, 0.6) is 0 Å². The summed E-state index contributed by atoms with van der Waals surface area (Å²) in [6.07, 6.45) is 7.39. The Morgan fingerprint density at radius 2 is 0.962 bits per heavy atom. The molecule has 52 heavy (non-hydrogen) atoms. The SMILES string of the molecule is CC.CC.Cl.ClCc1nccn1Cc1cc(Cl)cc(Cl)c1.Clc1cc(Cl)cc(Cn2ccnc2CNCc2ccccc2)c1.NCc1ccccc1. The number of nitrogens with zero attached hydrogens (tertiary/aromatic N) is 4. The van der Waals surface area contributed by atoms with Crippen molar-refractivity contribution in [3.63, 3.8) is 0 Å². The minimum Gasteiger partial charge on any atom is -0.330 e. The molecule has 0 atom stereocenters. The number of nitrogens with two attached hydrogens (primary N) is 1. The molecule has 2 heterocycles. The second-order valence-corrected chi connectivity index (χ2v) is 12.4. The third-order valence-electron chi connectivity index (χ3n) is 6.81. The first-order valence-corrected chi connectivity index (χ1v) is 18.8. The second-order valence-electron chi connectivity index (χ2n) is 10.4. The van der Waals surface area contributed by atoms with E-state index in [4.69, 9.17) is 63.7 Å². The van der Waals surface area contributed by atoms with Gasteiger partial charge in [0.2, 0.25) is 0 Å². The maximum Gasteiger partial charge on any atom is 0.123 e. The monoisotopic (exact) mass is 822 g/mol. The van der Waals surface area contributed by atoms with E-state index in [1.54, 1.807) is 18.3 Å². The molecular weight excluding hydrogens is 777 g/mol. The van der Waals surface area contributed by atoms with Crippen LogP contribution in [0.25, 0.3) is 0 Å². The fourth-order valence-corrected chi connectivity index (χ4v) is 5.96. The van der Waals surface area contributed by atoms with Crippen molar-refractivity contribution in [3.05, 3.63) is 176 Å². The molecule has 0 saturated heterocycles. The van der Waals surface area contributed by atoms with Crippen LogP contribution in [0.3, 0.4) is 0 Å². The number of rotatable bonds is 10. The molecule has 0 fully saturated rings. The maximum absolute atomic E-state index is 6.06. The Hall–Kier alpha value is -3.04. The molecule has 0 bridgehead atoms. The van der Waals surface area contributed by atoms with Gasteiger partial charge in [-0.15, -0.1) is 24.0 Å². The van der Waals surface area contributed by atoms with Gasteiger partial charge in [0.05, 0.1) is 12.4 Å². The van der Waals surface area contributed by atoms with Gasteiger partial charge in [0.1, 0.15) is 11.6 Å². The summed E-state index contributed by atoms with van der Waals surface area (Å²) in [5.74, 6) is 2.20. The predicted octanol–water partition coefficient (Wildman–Crippen LogP) is 12.1. The van der Waals surface area contributed by atoms with Crippen molar-refractivity contribution in [2.45, 2.75) is 66.3 Å². The Bertz CT molecular complexity index is 1750. The van der Waals surface area contributed by atoms with Gasteiger partial charge >= 0.3 is 0 Å². The molecule has 0 aliphatic rings. The van der Waals surface area contributed by atoms with Crippen molar-refractivity contribution in [2.24, 2.45) is 5.73 Å². The molecule has 6 nitrogen and oxygen atoms in total. The zero-order valence-electron chi connectivity index (χ0n) is 30.0. The Balaban J connectivity index is 0.000000405. The van der Waals surface area contributed by atoms with E-state index in [1.807, 2.05) is 124 Å². The fourth-order valence-electron chi connectivity index (χ4n) is 4.59. The lowest BCUT2D eigenvalue weighted by molar-refractivity contribution is 0.621. The number of aromatic nitrogens is 4. The Morgan fingerprint density at radius 1 is 0.558 bits per heavy atom. The highest BCUT2D eigenvalue weighted by Crippen LogP contribution is 2.21. The first-order chi connectivity index (χ1) is 24.8. The van der Waals surface area contributed by atoms with Gasteiger partial charge in [-0.25, -0.2) is 9.97 Å². The summed E-state index contributed by atoms with van der Waals surface area (Å²) in [7, 11) is 0. The van der Waals surface area contributed by atoms with E-state index in [0.717, 1.165) is 29.3 Å². The van der Waals surface area contributed by atoms with Crippen LogP contribution in [-0.2, 0) is 38.6 Å². The highest BCUT2D eigenvalue weighted by Gasteiger charge is 2.06. The Labute approximate surface area is 340 Å². The minimum absolute atomic E-state index is 0. The molecule has 6 aromatic rings. The van der Waals surface area contributed by atoms with Gasteiger partial charge in [-0.05, 0) is 58.7 Å². The highest BCUT2D eigenvalue weighted by molar-refractivity contribution is 6.35. The smallest absolute Gasteiger partial charge is 0.123 e. The van der Waals surface area contributed by atoms with Crippen molar-refractivity contribution in [1.29, 1.82) is 0 Å². The molecule has 12 heteroatoms. The standard InChI is InChI=1S/C18H17Cl2N3.C11H9Cl3N2.C7H9N.2C2H6.ClH/c19-16-8-15(9-17(20)10-16)13-23-7-6-22-18(23)12-21-11-14-4-2-1-3-5-14;12-6-11-15-1-2-16(11)7-8-3-9(13)5-10(14)4-8;8-6-7-4-2-1-3-5-7;2*1-2;/h1-10,21H,11-13H2;1-5H,6-7H2;1-5H,6,8H2;2*1-2H3;1H. The van der Waals surface area contributed by atoms with Crippen molar-refractivity contribution >= 4 is 70.4 Å². The van der Waals surface area contributed by atoms with Gasteiger partial charge in [0.15, 0.2) is 0 Å². The van der Waals surface area contributed by atoms with Crippen LogP contribution in [-0.4, -0.2) is 19.1 Å². The summed E-state index contributed by atoms with van der Waals surface area (Å²) in [6, 6.07) is 31.4. The molecule has 0 saturated carbocycles. The molecule has 4 aromatic carbocycles. The third kappa shape index (κ3) is 17.7. The van der Waals surface area contributed by atoms with Gasteiger partial charge in [0, 0.05) is 71.1 Å². The average molecular weight is 826 g/mol. The number of benzene rings is 4. The van der Waals surface area contributed by atoms with Crippen LogP contribution in [0.4, 0.5) is 0 Å². The fraction of sp³-hybridized carbons (Fsp3) is 0.250. The molecule has 0 aliphatic heterocycles. The number of alkyl halides is 1. The normalized spacial score (nSPS) is 9.73. The number of hydrogen-bond donors (Lipinski definition) is 2. The lowest BCUT2D eigenvalue weighted by Crippen LogP contribution is -2.17. The van der Waals surface area contributed by atoms with Crippen LogP contribution >= 0.6 is 70.4 Å². The van der Waals surface area contributed by atoms with Crippen LogP contribution in [0, 0.1) is 0 Å². The summed E-state index contributed by atoms with van der Waals surface area (Å²) in [6.45, 7) is 11.5. The first kappa shape index (κ1) is 47.0. The van der Waals surface area contributed by atoms with E-state index in [-0.39, 0.29) is 12.4 Å². The zero-order chi connectivity index (χ0) is 37.4. The molecule has 2 aromatic heterocycles. The van der Waals surface area contributed by atoms with E-state index in [2.05, 4.69) is 32.0 Å². The molecule has 0 aliphatic carbocycles. The molecular formula is C40H48Cl6N6. The topological polar surface area (TPSA) is 73.7 Å². The Kier molecular flexibility index (Phi) is 24.9.